The van der Waals surface area contributed by atoms with Crippen LogP contribution in [0.3, 0.4) is 0 Å². The summed E-state index contributed by atoms with van der Waals surface area (Å²) < 4.78 is 0. The Morgan fingerprint density at radius 3 is 2.90 bits per heavy atom. The Kier molecular flexibility index (Phi) is 4.31. The minimum Gasteiger partial charge on any atom is -0.396 e. The summed E-state index contributed by atoms with van der Waals surface area (Å²) in [6.45, 7) is 0.526. The number of aliphatic hydroxyl groups is 1. The molecule has 2 bridgehead atoms. The zero-order valence-electron chi connectivity index (χ0n) is 11.8. The lowest BCUT2D eigenvalue weighted by molar-refractivity contribution is 0.144. The van der Waals surface area contributed by atoms with E-state index in [1.54, 1.807) is 18.3 Å². The van der Waals surface area contributed by atoms with Gasteiger partial charge in [0.15, 0.2) is 0 Å². The molecule has 1 heterocycles. The monoisotopic (exact) mass is 309 g/mol. The summed E-state index contributed by atoms with van der Waals surface area (Å²) in [5.74, 6) is 1.30. The van der Waals surface area contributed by atoms with Crippen molar-refractivity contribution in [1.82, 2.24) is 15.6 Å². The van der Waals surface area contributed by atoms with E-state index in [1.807, 2.05) is 0 Å². The molecule has 0 radical (unpaired) electrons. The fraction of sp³-hybridized carbons (Fsp3) is 0.600. The first-order valence-corrected chi connectivity index (χ1v) is 7.81. The molecule has 2 fully saturated rings. The van der Waals surface area contributed by atoms with Crippen LogP contribution in [0.4, 0.5) is 4.79 Å². The van der Waals surface area contributed by atoms with Gasteiger partial charge in [-0.2, -0.15) is 0 Å². The number of pyridine rings is 1. The maximum Gasteiger partial charge on any atom is 0.315 e. The number of fused-ring (bicyclic) bond motifs is 2. The average Bonchev–Trinajstić information content (AvgIpc) is 3.07. The zero-order valence-corrected chi connectivity index (χ0v) is 12.5. The number of aliphatic hydroxyl groups excluding tert-OH is 1. The molecular weight excluding hydrogens is 290 g/mol. The van der Waals surface area contributed by atoms with Gasteiger partial charge in [0.25, 0.3) is 0 Å². The van der Waals surface area contributed by atoms with Gasteiger partial charge in [-0.1, -0.05) is 11.6 Å². The van der Waals surface area contributed by atoms with Crippen molar-refractivity contribution in [3.05, 3.63) is 29.0 Å². The van der Waals surface area contributed by atoms with Crippen molar-refractivity contribution in [3.63, 3.8) is 0 Å². The molecule has 5 nitrogen and oxygen atoms in total. The number of rotatable bonds is 4. The number of carbonyl (C=O) groups is 1. The van der Waals surface area contributed by atoms with Gasteiger partial charge in [-0.25, -0.2) is 4.79 Å². The number of nitrogens with zero attached hydrogens (tertiary/aromatic N) is 1. The molecule has 3 rings (SSSR count). The Morgan fingerprint density at radius 2 is 2.19 bits per heavy atom. The summed E-state index contributed by atoms with van der Waals surface area (Å²) in [6.07, 6.45) is 5.04. The molecule has 0 saturated heterocycles. The highest BCUT2D eigenvalue weighted by molar-refractivity contribution is 6.30. The SMILES string of the molecule is O=C(NCc1ccc(Cl)cn1)NC1C2CCC(C2)C1CO. The van der Waals surface area contributed by atoms with Crippen molar-refractivity contribution >= 4 is 17.6 Å². The van der Waals surface area contributed by atoms with Crippen LogP contribution < -0.4 is 10.6 Å². The van der Waals surface area contributed by atoms with Crippen LogP contribution in [0.15, 0.2) is 18.3 Å². The van der Waals surface area contributed by atoms with Gasteiger partial charge in [-0.15, -0.1) is 0 Å². The van der Waals surface area contributed by atoms with Crippen LogP contribution in [0.5, 0.6) is 0 Å². The Morgan fingerprint density at radius 1 is 1.38 bits per heavy atom. The first kappa shape index (κ1) is 14.6. The Hall–Kier alpha value is -1.33. The molecule has 1 aromatic heterocycles. The van der Waals surface area contributed by atoms with Crippen LogP contribution in [0, 0.1) is 17.8 Å². The number of hydrogen-bond donors (Lipinski definition) is 3. The highest BCUT2D eigenvalue weighted by Crippen LogP contribution is 2.48. The topological polar surface area (TPSA) is 74.2 Å². The number of hydrogen-bond acceptors (Lipinski definition) is 3. The molecule has 2 saturated carbocycles. The number of amides is 2. The summed E-state index contributed by atoms with van der Waals surface area (Å²) in [4.78, 5) is 16.2. The highest BCUT2D eigenvalue weighted by atomic mass is 35.5. The van der Waals surface area contributed by atoms with Crippen LogP contribution in [-0.4, -0.2) is 28.8 Å². The molecule has 0 spiro atoms. The van der Waals surface area contributed by atoms with Gasteiger partial charge in [-0.3, -0.25) is 4.98 Å². The van der Waals surface area contributed by atoms with Crippen molar-refractivity contribution in [2.45, 2.75) is 31.8 Å². The van der Waals surface area contributed by atoms with E-state index < -0.39 is 0 Å². The fourth-order valence-electron chi connectivity index (χ4n) is 3.78. The number of nitrogens with one attached hydrogen (secondary N) is 2. The van der Waals surface area contributed by atoms with Gasteiger partial charge in [0, 0.05) is 24.8 Å². The lowest BCUT2D eigenvalue weighted by atomic mass is 9.85. The van der Waals surface area contributed by atoms with E-state index in [0.29, 0.717) is 23.4 Å². The largest absolute Gasteiger partial charge is 0.396 e. The number of halogens is 1. The first-order valence-electron chi connectivity index (χ1n) is 7.43. The second kappa shape index (κ2) is 6.20. The molecule has 21 heavy (non-hydrogen) atoms. The van der Waals surface area contributed by atoms with E-state index in [0.717, 1.165) is 18.5 Å². The van der Waals surface area contributed by atoms with E-state index in [4.69, 9.17) is 11.6 Å². The minimum absolute atomic E-state index is 0.104. The Labute approximate surface area is 129 Å². The number of urea groups is 1. The normalized spacial score (nSPS) is 30.4. The van der Waals surface area contributed by atoms with Gasteiger partial charge in [0.05, 0.1) is 17.3 Å². The van der Waals surface area contributed by atoms with E-state index in [-0.39, 0.29) is 24.6 Å². The molecule has 2 aliphatic rings. The van der Waals surface area contributed by atoms with E-state index in [9.17, 15) is 9.90 Å². The van der Waals surface area contributed by atoms with Crippen LogP contribution in [0.25, 0.3) is 0 Å². The molecule has 2 amide bonds. The second-order valence-corrected chi connectivity index (χ2v) is 6.44. The van der Waals surface area contributed by atoms with Crippen LogP contribution in [-0.2, 0) is 6.54 Å². The summed E-state index contributed by atoms with van der Waals surface area (Å²) in [7, 11) is 0. The molecule has 6 heteroatoms. The van der Waals surface area contributed by atoms with Crippen molar-refractivity contribution in [3.8, 4) is 0 Å². The Balaban J connectivity index is 1.51. The molecule has 4 unspecified atom stereocenters. The third kappa shape index (κ3) is 3.14. The van der Waals surface area contributed by atoms with Gasteiger partial charge >= 0.3 is 6.03 Å². The zero-order chi connectivity index (χ0) is 14.8. The lowest BCUT2D eigenvalue weighted by Crippen LogP contribution is -2.48. The van der Waals surface area contributed by atoms with Crippen LogP contribution in [0.1, 0.15) is 25.0 Å². The Bertz CT molecular complexity index is 508. The van der Waals surface area contributed by atoms with Crippen LogP contribution in [0.2, 0.25) is 5.02 Å². The summed E-state index contributed by atoms with van der Waals surface area (Å²) in [5.41, 5.74) is 0.765. The fourth-order valence-corrected chi connectivity index (χ4v) is 3.89. The lowest BCUT2D eigenvalue weighted by Gasteiger charge is -2.30. The maximum atomic E-state index is 12.0. The van der Waals surface area contributed by atoms with Crippen LogP contribution >= 0.6 is 11.6 Å². The smallest absolute Gasteiger partial charge is 0.315 e. The van der Waals surface area contributed by atoms with E-state index >= 15 is 0 Å². The molecule has 1 aromatic rings. The van der Waals surface area contributed by atoms with Gasteiger partial charge < -0.3 is 15.7 Å². The summed E-state index contributed by atoms with van der Waals surface area (Å²) in [6, 6.07) is 3.45. The van der Waals surface area contributed by atoms with E-state index in [1.165, 1.54) is 6.42 Å². The number of carbonyl (C=O) groups excluding carboxylic acids is 1. The summed E-state index contributed by atoms with van der Waals surface area (Å²) in [5, 5.41) is 15.9. The van der Waals surface area contributed by atoms with Gasteiger partial charge in [0.1, 0.15) is 0 Å². The first-order chi connectivity index (χ1) is 10.2. The molecule has 114 valence electrons. The number of aromatic nitrogens is 1. The summed E-state index contributed by atoms with van der Waals surface area (Å²) >= 11 is 5.77. The predicted octanol–water partition coefficient (Wildman–Crippen LogP) is 1.94. The molecule has 0 aromatic carbocycles. The second-order valence-electron chi connectivity index (χ2n) is 6.00. The van der Waals surface area contributed by atoms with Crippen molar-refractivity contribution in [2.75, 3.05) is 6.61 Å². The third-order valence-electron chi connectivity index (χ3n) is 4.82. The quantitative estimate of drug-likeness (QED) is 0.796. The van der Waals surface area contributed by atoms with E-state index in [2.05, 4.69) is 15.6 Å². The predicted molar refractivity (Wildman–Crippen MR) is 79.8 cm³/mol. The molecule has 2 aliphatic carbocycles. The standard InChI is InChI=1S/C15H20ClN3O2/c16-11-3-4-12(17-6-11)7-18-15(21)19-14-10-2-1-9(5-10)13(14)8-20/h3-4,6,9-10,13-14,20H,1-2,5,7-8H2,(H2,18,19,21). The molecule has 3 N–H and O–H groups in total. The van der Waals surface area contributed by atoms with Crippen molar-refractivity contribution in [2.24, 2.45) is 17.8 Å². The van der Waals surface area contributed by atoms with Gasteiger partial charge in [0.2, 0.25) is 0 Å². The average molecular weight is 310 g/mol. The third-order valence-corrected chi connectivity index (χ3v) is 5.04. The van der Waals surface area contributed by atoms with Crippen molar-refractivity contribution in [1.29, 1.82) is 0 Å². The van der Waals surface area contributed by atoms with Gasteiger partial charge in [-0.05, 0) is 43.2 Å². The minimum atomic E-state index is -0.192. The maximum absolute atomic E-state index is 12.0. The van der Waals surface area contributed by atoms with Crippen molar-refractivity contribution < 1.29 is 9.90 Å². The molecule has 0 aliphatic heterocycles. The highest BCUT2D eigenvalue weighted by Gasteiger charge is 2.47. The molecular formula is C15H20ClN3O2. The molecule has 4 atom stereocenters.